The van der Waals surface area contributed by atoms with Crippen molar-refractivity contribution in [3.8, 4) is 5.75 Å². The molecule has 0 aromatic heterocycles. The molecule has 6 heteroatoms. The summed E-state index contributed by atoms with van der Waals surface area (Å²) in [6, 6.07) is 6.34. The van der Waals surface area contributed by atoms with Gasteiger partial charge >= 0.3 is 6.61 Å². The summed E-state index contributed by atoms with van der Waals surface area (Å²) in [7, 11) is 0. The average Bonchev–Trinajstić information content (AvgIpc) is 2.30. The molecule has 0 bridgehead atoms. The summed E-state index contributed by atoms with van der Waals surface area (Å²) >= 11 is 3.03. The molecule has 0 fully saturated rings. The zero-order chi connectivity index (χ0) is 12.7. The summed E-state index contributed by atoms with van der Waals surface area (Å²) < 4.78 is 28.0. The second-order valence-electron chi connectivity index (χ2n) is 3.26. The van der Waals surface area contributed by atoms with Crippen molar-refractivity contribution in [2.45, 2.75) is 13.0 Å². The zero-order valence-electron chi connectivity index (χ0n) is 8.96. The SMILES string of the molecule is O=C(CBr)NCCc1ccc(OC(F)F)cc1. The fourth-order valence-electron chi connectivity index (χ4n) is 1.23. The fourth-order valence-corrected chi connectivity index (χ4v) is 1.43. The van der Waals surface area contributed by atoms with Crippen molar-refractivity contribution in [3.05, 3.63) is 29.8 Å². The van der Waals surface area contributed by atoms with E-state index in [-0.39, 0.29) is 17.0 Å². The molecule has 0 radical (unpaired) electrons. The van der Waals surface area contributed by atoms with Crippen molar-refractivity contribution in [1.29, 1.82) is 0 Å². The molecule has 0 saturated carbocycles. The molecule has 1 amide bonds. The molecular formula is C11H12BrF2NO2. The maximum Gasteiger partial charge on any atom is 0.387 e. The van der Waals surface area contributed by atoms with E-state index in [1.807, 2.05) is 0 Å². The Hall–Kier alpha value is -1.17. The summed E-state index contributed by atoms with van der Waals surface area (Å²) in [5.41, 5.74) is 0.946. The first-order valence-corrected chi connectivity index (χ1v) is 6.10. The van der Waals surface area contributed by atoms with Gasteiger partial charge in [0.15, 0.2) is 0 Å². The maximum absolute atomic E-state index is 11.9. The second-order valence-corrected chi connectivity index (χ2v) is 3.82. The first-order chi connectivity index (χ1) is 8.11. The van der Waals surface area contributed by atoms with E-state index < -0.39 is 6.61 Å². The van der Waals surface area contributed by atoms with Crippen LogP contribution in [0.4, 0.5) is 8.78 Å². The molecule has 0 aliphatic rings. The van der Waals surface area contributed by atoms with E-state index in [0.717, 1.165) is 5.56 Å². The highest BCUT2D eigenvalue weighted by molar-refractivity contribution is 9.09. The van der Waals surface area contributed by atoms with Crippen LogP contribution in [0.15, 0.2) is 24.3 Å². The molecule has 0 aliphatic heterocycles. The molecule has 0 spiro atoms. The first-order valence-electron chi connectivity index (χ1n) is 4.98. The monoisotopic (exact) mass is 307 g/mol. The van der Waals surface area contributed by atoms with Gasteiger partial charge in [-0.25, -0.2) is 0 Å². The largest absolute Gasteiger partial charge is 0.435 e. The standard InChI is InChI=1S/C11H12BrF2NO2/c12-7-10(16)15-6-5-8-1-3-9(4-2-8)17-11(13)14/h1-4,11H,5-7H2,(H,15,16). The van der Waals surface area contributed by atoms with E-state index in [0.29, 0.717) is 13.0 Å². The zero-order valence-corrected chi connectivity index (χ0v) is 10.5. The highest BCUT2D eigenvalue weighted by Crippen LogP contribution is 2.14. The molecule has 1 aromatic carbocycles. The maximum atomic E-state index is 11.9. The number of nitrogens with one attached hydrogen (secondary N) is 1. The van der Waals surface area contributed by atoms with E-state index in [2.05, 4.69) is 26.0 Å². The van der Waals surface area contributed by atoms with Crippen molar-refractivity contribution in [2.24, 2.45) is 0 Å². The van der Waals surface area contributed by atoms with Crippen LogP contribution in [0.3, 0.4) is 0 Å². The number of halogens is 3. The lowest BCUT2D eigenvalue weighted by molar-refractivity contribution is -0.118. The van der Waals surface area contributed by atoms with Gasteiger partial charge < -0.3 is 10.1 Å². The molecule has 0 saturated heterocycles. The van der Waals surface area contributed by atoms with E-state index in [4.69, 9.17) is 0 Å². The third-order valence-corrected chi connectivity index (χ3v) is 2.52. The van der Waals surface area contributed by atoms with Crippen LogP contribution in [0, 0.1) is 0 Å². The van der Waals surface area contributed by atoms with Gasteiger partial charge in [0.25, 0.3) is 0 Å². The number of hydrogen-bond donors (Lipinski definition) is 1. The minimum absolute atomic E-state index is 0.0809. The molecule has 1 aromatic rings. The number of amides is 1. The minimum atomic E-state index is -2.81. The number of carbonyl (C=O) groups excluding carboxylic acids is 1. The molecule has 0 heterocycles. The Morgan fingerprint density at radius 2 is 2.00 bits per heavy atom. The molecule has 1 N–H and O–H groups in total. The Bertz CT molecular complexity index is 357. The third kappa shape index (κ3) is 5.63. The van der Waals surface area contributed by atoms with Gasteiger partial charge in [-0.1, -0.05) is 28.1 Å². The van der Waals surface area contributed by atoms with Crippen molar-refractivity contribution in [2.75, 3.05) is 11.9 Å². The van der Waals surface area contributed by atoms with Crippen molar-refractivity contribution < 1.29 is 18.3 Å². The van der Waals surface area contributed by atoms with Crippen LogP contribution in [0.25, 0.3) is 0 Å². The number of benzene rings is 1. The van der Waals surface area contributed by atoms with Crippen LogP contribution in [0.2, 0.25) is 0 Å². The van der Waals surface area contributed by atoms with Crippen LogP contribution in [0.5, 0.6) is 5.75 Å². The molecule has 0 unspecified atom stereocenters. The molecular weight excluding hydrogens is 296 g/mol. The number of hydrogen-bond acceptors (Lipinski definition) is 2. The Balaban J connectivity index is 2.37. The molecule has 0 atom stereocenters. The van der Waals surface area contributed by atoms with Crippen molar-refractivity contribution in [3.63, 3.8) is 0 Å². The molecule has 94 valence electrons. The summed E-state index contributed by atoms with van der Waals surface area (Å²) in [4.78, 5) is 10.9. The number of ether oxygens (including phenoxy) is 1. The fraction of sp³-hybridized carbons (Fsp3) is 0.364. The Labute approximate surface area is 106 Å². The van der Waals surface area contributed by atoms with Gasteiger partial charge in [0.1, 0.15) is 5.75 Å². The van der Waals surface area contributed by atoms with E-state index in [9.17, 15) is 13.6 Å². The van der Waals surface area contributed by atoms with E-state index in [1.165, 1.54) is 12.1 Å². The van der Waals surface area contributed by atoms with E-state index >= 15 is 0 Å². The normalized spacial score (nSPS) is 10.4. The Morgan fingerprint density at radius 3 is 2.53 bits per heavy atom. The minimum Gasteiger partial charge on any atom is -0.435 e. The summed E-state index contributed by atoms with van der Waals surface area (Å²) in [5, 5.41) is 2.96. The van der Waals surface area contributed by atoms with Crippen LogP contribution in [-0.4, -0.2) is 24.4 Å². The van der Waals surface area contributed by atoms with Gasteiger partial charge in [-0.05, 0) is 24.1 Å². The lowest BCUT2D eigenvalue weighted by atomic mass is 10.1. The quantitative estimate of drug-likeness (QED) is 0.819. The Morgan fingerprint density at radius 1 is 1.35 bits per heavy atom. The molecule has 0 aliphatic carbocycles. The average molecular weight is 308 g/mol. The topological polar surface area (TPSA) is 38.3 Å². The lowest BCUT2D eigenvalue weighted by Gasteiger charge is -2.06. The van der Waals surface area contributed by atoms with Crippen LogP contribution >= 0.6 is 15.9 Å². The summed E-state index contributed by atoms with van der Waals surface area (Å²) in [6.07, 6.45) is 0.647. The lowest BCUT2D eigenvalue weighted by Crippen LogP contribution is -2.26. The molecule has 3 nitrogen and oxygen atoms in total. The smallest absolute Gasteiger partial charge is 0.387 e. The van der Waals surface area contributed by atoms with Gasteiger partial charge in [-0.3, -0.25) is 4.79 Å². The predicted molar refractivity (Wildman–Crippen MR) is 63.6 cm³/mol. The van der Waals surface area contributed by atoms with Crippen molar-refractivity contribution >= 4 is 21.8 Å². The number of rotatable bonds is 6. The number of alkyl halides is 3. The molecule has 1 rings (SSSR count). The highest BCUT2D eigenvalue weighted by atomic mass is 79.9. The van der Waals surface area contributed by atoms with Crippen LogP contribution < -0.4 is 10.1 Å². The van der Waals surface area contributed by atoms with Gasteiger partial charge in [0, 0.05) is 6.54 Å². The second kappa shape index (κ2) is 7.21. The number of carbonyl (C=O) groups is 1. The summed E-state index contributed by atoms with van der Waals surface area (Å²) in [5.74, 6) is 0.0518. The van der Waals surface area contributed by atoms with Gasteiger partial charge in [0.2, 0.25) is 5.91 Å². The third-order valence-electron chi connectivity index (χ3n) is 2.01. The van der Waals surface area contributed by atoms with Gasteiger partial charge in [-0.15, -0.1) is 0 Å². The Kier molecular flexibility index (Phi) is 5.90. The molecule has 17 heavy (non-hydrogen) atoms. The summed E-state index contributed by atoms with van der Waals surface area (Å²) in [6.45, 7) is -2.29. The van der Waals surface area contributed by atoms with Crippen LogP contribution in [0.1, 0.15) is 5.56 Å². The van der Waals surface area contributed by atoms with Crippen LogP contribution in [-0.2, 0) is 11.2 Å². The van der Waals surface area contributed by atoms with Gasteiger partial charge in [-0.2, -0.15) is 8.78 Å². The first kappa shape index (κ1) is 13.9. The predicted octanol–water partition coefficient (Wildman–Crippen LogP) is 2.34. The van der Waals surface area contributed by atoms with Crippen molar-refractivity contribution in [1.82, 2.24) is 5.32 Å². The van der Waals surface area contributed by atoms with E-state index in [1.54, 1.807) is 12.1 Å². The van der Waals surface area contributed by atoms with Gasteiger partial charge in [0.05, 0.1) is 5.33 Å². The highest BCUT2D eigenvalue weighted by Gasteiger charge is 2.03.